The van der Waals surface area contributed by atoms with E-state index in [0.29, 0.717) is 22.7 Å². The van der Waals surface area contributed by atoms with E-state index >= 15 is 0 Å². The standard InChI is InChI=1S/C17H22N4OS/c1-12(2)13(3)18-16(22)11-23-17-19-15(20-21-17)10-9-14-7-5-4-6-8-14/h4-10,12-13H,11H2,1-3H3,(H,18,22)(H,19,20,21)/b10-9+. The van der Waals surface area contributed by atoms with Gasteiger partial charge in [-0.2, -0.15) is 0 Å². The number of hydrogen-bond donors (Lipinski definition) is 2. The van der Waals surface area contributed by atoms with Crippen molar-refractivity contribution in [3.63, 3.8) is 0 Å². The summed E-state index contributed by atoms with van der Waals surface area (Å²) < 4.78 is 0. The molecule has 2 rings (SSSR count). The third-order valence-electron chi connectivity index (χ3n) is 3.44. The molecule has 5 nitrogen and oxygen atoms in total. The zero-order chi connectivity index (χ0) is 16.7. The monoisotopic (exact) mass is 330 g/mol. The SMILES string of the molecule is CC(C)C(C)NC(=O)CSc1n[nH]c(/C=C/c2ccccc2)n1. The van der Waals surface area contributed by atoms with Crippen molar-refractivity contribution in [3.8, 4) is 0 Å². The third kappa shape index (κ3) is 5.90. The molecule has 0 saturated carbocycles. The number of aromatic amines is 1. The topological polar surface area (TPSA) is 70.7 Å². The first-order chi connectivity index (χ1) is 11.0. The van der Waals surface area contributed by atoms with Crippen molar-refractivity contribution >= 4 is 29.8 Å². The van der Waals surface area contributed by atoms with E-state index in [9.17, 15) is 4.79 Å². The molecule has 0 saturated heterocycles. The highest BCUT2D eigenvalue weighted by molar-refractivity contribution is 7.99. The van der Waals surface area contributed by atoms with Gasteiger partial charge in [-0.15, -0.1) is 5.10 Å². The van der Waals surface area contributed by atoms with Crippen LogP contribution in [-0.2, 0) is 4.79 Å². The van der Waals surface area contributed by atoms with E-state index in [1.165, 1.54) is 11.8 Å². The predicted molar refractivity (Wildman–Crippen MR) is 94.9 cm³/mol. The maximum atomic E-state index is 11.8. The molecule has 1 aromatic heterocycles. The minimum absolute atomic E-state index is 0.00220. The first-order valence-corrected chi connectivity index (χ1v) is 8.61. The van der Waals surface area contributed by atoms with Crippen molar-refractivity contribution in [3.05, 3.63) is 41.7 Å². The number of H-pyrrole nitrogens is 1. The van der Waals surface area contributed by atoms with Gasteiger partial charge in [-0.3, -0.25) is 9.89 Å². The molecule has 1 atom stereocenters. The van der Waals surface area contributed by atoms with Crippen molar-refractivity contribution in [1.82, 2.24) is 20.5 Å². The molecule has 0 aliphatic rings. The van der Waals surface area contributed by atoms with Crippen LogP contribution in [0.15, 0.2) is 35.5 Å². The number of nitrogens with one attached hydrogen (secondary N) is 2. The van der Waals surface area contributed by atoms with Crippen molar-refractivity contribution in [2.75, 3.05) is 5.75 Å². The van der Waals surface area contributed by atoms with E-state index in [1.807, 2.05) is 49.4 Å². The number of nitrogens with zero attached hydrogens (tertiary/aromatic N) is 2. The van der Waals surface area contributed by atoms with Gasteiger partial charge < -0.3 is 5.32 Å². The lowest BCUT2D eigenvalue weighted by Gasteiger charge is -2.16. The maximum Gasteiger partial charge on any atom is 0.230 e. The number of carbonyl (C=O) groups excluding carboxylic acids is 1. The Morgan fingerprint density at radius 3 is 2.70 bits per heavy atom. The average Bonchev–Trinajstić information content (AvgIpc) is 3.00. The summed E-state index contributed by atoms with van der Waals surface area (Å²) in [6, 6.07) is 10.1. The molecule has 0 radical (unpaired) electrons. The Balaban J connectivity index is 1.83. The number of carbonyl (C=O) groups is 1. The van der Waals surface area contributed by atoms with E-state index in [1.54, 1.807) is 0 Å². The van der Waals surface area contributed by atoms with E-state index in [-0.39, 0.29) is 11.9 Å². The summed E-state index contributed by atoms with van der Waals surface area (Å²) in [5.41, 5.74) is 1.10. The van der Waals surface area contributed by atoms with Crippen LogP contribution in [0.3, 0.4) is 0 Å². The Kier molecular flexibility index (Phi) is 6.40. The zero-order valence-corrected chi connectivity index (χ0v) is 14.4. The molecule has 6 heteroatoms. The second-order valence-electron chi connectivity index (χ2n) is 5.64. The number of thioether (sulfide) groups is 1. The summed E-state index contributed by atoms with van der Waals surface area (Å²) in [5.74, 6) is 1.41. The van der Waals surface area contributed by atoms with Gasteiger partial charge in [0.25, 0.3) is 0 Å². The minimum atomic E-state index is 0.00220. The van der Waals surface area contributed by atoms with Crippen LogP contribution >= 0.6 is 11.8 Å². The predicted octanol–water partition coefficient (Wildman–Crippen LogP) is 3.23. The molecule has 0 aliphatic heterocycles. The lowest BCUT2D eigenvalue weighted by atomic mass is 10.1. The molecular formula is C17H22N4OS. The van der Waals surface area contributed by atoms with Crippen LogP contribution in [0.2, 0.25) is 0 Å². The van der Waals surface area contributed by atoms with Gasteiger partial charge in [0.05, 0.1) is 5.75 Å². The maximum absolute atomic E-state index is 11.8. The Labute approximate surface area is 141 Å². The van der Waals surface area contributed by atoms with Gasteiger partial charge in [-0.25, -0.2) is 4.98 Å². The minimum Gasteiger partial charge on any atom is -0.353 e. The summed E-state index contributed by atoms with van der Waals surface area (Å²) in [6.45, 7) is 6.17. The molecule has 1 aromatic carbocycles. The summed E-state index contributed by atoms with van der Waals surface area (Å²) in [7, 11) is 0. The van der Waals surface area contributed by atoms with Crippen LogP contribution in [0.1, 0.15) is 32.2 Å². The van der Waals surface area contributed by atoms with Gasteiger partial charge in [0.2, 0.25) is 11.1 Å². The van der Waals surface area contributed by atoms with E-state index in [2.05, 4.69) is 34.3 Å². The second-order valence-corrected chi connectivity index (χ2v) is 6.58. The van der Waals surface area contributed by atoms with E-state index < -0.39 is 0 Å². The van der Waals surface area contributed by atoms with Crippen LogP contribution < -0.4 is 5.32 Å². The molecule has 1 unspecified atom stereocenters. The molecule has 1 amide bonds. The molecule has 2 aromatic rings. The van der Waals surface area contributed by atoms with Crippen molar-refractivity contribution in [2.45, 2.75) is 32.0 Å². The third-order valence-corrected chi connectivity index (χ3v) is 4.28. The van der Waals surface area contributed by atoms with Crippen molar-refractivity contribution < 1.29 is 4.79 Å². The Hall–Kier alpha value is -2.08. The van der Waals surface area contributed by atoms with Crippen LogP contribution in [0.4, 0.5) is 0 Å². The largest absolute Gasteiger partial charge is 0.353 e. The van der Waals surface area contributed by atoms with Crippen LogP contribution in [-0.4, -0.2) is 32.9 Å². The molecule has 0 spiro atoms. The van der Waals surface area contributed by atoms with Crippen LogP contribution in [0.25, 0.3) is 12.2 Å². The van der Waals surface area contributed by atoms with Crippen LogP contribution in [0.5, 0.6) is 0 Å². The van der Waals surface area contributed by atoms with Crippen LogP contribution in [0, 0.1) is 5.92 Å². The molecule has 0 fully saturated rings. The number of rotatable bonds is 7. The fraction of sp³-hybridized carbons (Fsp3) is 0.353. The molecule has 0 bridgehead atoms. The Bertz CT molecular complexity index is 652. The van der Waals surface area contributed by atoms with E-state index in [4.69, 9.17) is 0 Å². The number of amides is 1. The normalized spacial score (nSPS) is 12.7. The highest BCUT2D eigenvalue weighted by Gasteiger charge is 2.12. The lowest BCUT2D eigenvalue weighted by molar-refractivity contribution is -0.119. The molecule has 122 valence electrons. The number of aromatic nitrogens is 3. The average molecular weight is 330 g/mol. The summed E-state index contributed by atoms with van der Waals surface area (Å²) in [4.78, 5) is 16.2. The van der Waals surface area contributed by atoms with Gasteiger partial charge in [0.15, 0.2) is 0 Å². The first-order valence-electron chi connectivity index (χ1n) is 7.62. The summed E-state index contributed by atoms with van der Waals surface area (Å²) in [6.07, 6.45) is 3.83. The van der Waals surface area contributed by atoms with Crippen molar-refractivity contribution in [2.24, 2.45) is 5.92 Å². The molecule has 1 heterocycles. The Morgan fingerprint density at radius 2 is 2.00 bits per heavy atom. The summed E-state index contributed by atoms with van der Waals surface area (Å²) in [5, 5.41) is 10.5. The molecule has 2 N–H and O–H groups in total. The molecule has 0 aliphatic carbocycles. The second kappa shape index (κ2) is 8.53. The zero-order valence-electron chi connectivity index (χ0n) is 13.6. The van der Waals surface area contributed by atoms with E-state index in [0.717, 1.165) is 5.56 Å². The van der Waals surface area contributed by atoms with Gasteiger partial charge in [0.1, 0.15) is 5.82 Å². The quantitative estimate of drug-likeness (QED) is 0.765. The highest BCUT2D eigenvalue weighted by atomic mass is 32.2. The number of hydrogen-bond acceptors (Lipinski definition) is 4. The van der Waals surface area contributed by atoms with Gasteiger partial charge in [0, 0.05) is 6.04 Å². The smallest absolute Gasteiger partial charge is 0.230 e. The number of benzene rings is 1. The fourth-order valence-electron chi connectivity index (χ4n) is 1.73. The highest BCUT2D eigenvalue weighted by Crippen LogP contribution is 2.13. The van der Waals surface area contributed by atoms with Gasteiger partial charge in [-0.05, 0) is 24.5 Å². The fourth-order valence-corrected chi connectivity index (χ4v) is 2.35. The van der Waals surface area contributed by atoms with Gasteiger partial charge >= 0.3 is 0 Å². The lowest BCUT2D eigenvalue weighted by Crippen LogP contribution is -2.37. The molecular weight excluding hydrogens is 308 g/mol. The van der Waals surface area contributed by atoms with Gasteiger partial charge in [-0.1, -0.05) is 62.0 Å². The first kappa shape index (κ1) is 17.3. The molecule has 23 heavy (non-hydrogen) atoms. The Morgan fingerprint density at radius 1 is 1.26 bits per heavy atom. The van der Waals surface area contributed by atoms with Crippen molar-refractivity contribution in [1.29, 1.82) is 0 Å². The summed E-state index contributed by atoms with van der Waals surface area (Å²) >= 11 is 1.33.